The molecule has 0 spiro atoms. The number of esters is 1. The van der Waals surface area contributed by atoms with E-state index in [-0.39, 0.29) is 25.3 Å². The zero-order chi connectivity index (χ0) is 16.0. The monoisotopic (exact) mass is 293 g/mol. The summed E-state index contributed by atoms with van der Waals surface area (Å²) in [6.07, 6.45) is 1.48. The fraction of sp³-hybridized carbons (Fsp3) is 0.429. The summed E-state index contributed by atoms with van der Waals surface area (Å²) in [4.78, 5) is 37.1. The van der Waals surface area contributed by atoms with Gasteiger partial charge in [-0.1, -0.05) is 6.08 Å². The van der Waals surface area contributed by atoms with E-state index in [1.165, 1.54) is 11.0 Å². The molecule has 0 aliphatic rings. The smallest absolute Gasteiger partial charge is 0.325 e. The summed E-state index contributed by atoms with van der Waals surface area (Å²) in [6.45, 7) is 8.68. The van der Waals surface area contributed by atoms with Gasteiger partial charge in [0.2, 0.25) is 0 Å². The number of rotatable bonds is 6. The fourth-order valence-electron chi connectivity index (χ4n) is 1.78. The molecule has 7 heteroatoms. The number of hydrogen-bond donors (Lipinski definition) is 1. The van der Waals surface area contributed by atoms with Gasteiger partial charge in [-0.25, -0.2) is 5.10 Å². The van der Waals surface area contributed by atoms with Crippen molar-refractivity contribution in [1.82, 2.24) is 15.1 Å². The van der Waals surface area contributed by atoms with Crippen molar-refractivity contribution in [2.24, 2.45) is 0 Å². The summed E-state index contributed by atoms with van der Waals surface area (Å²) in [5.74, 6) is -1.08. The van der Waals surface area contributed by atoms with Crippen molar-refractivity contribution in [3.05, 3.63) is 39.8 Å². The predicted octanol–water partition coefficient (Wildman–Crippen LogP) is 0.578. The molecule has 1 rings (SSSR count). The molecular weight excluding hydrogens is 274 g/mol. The third-order valence-electron chi connectivity index (χ3n) is 2.95. The van der Waals surface area contributed by atoms with E-state index in [0.29, 0.717) is 11.3 Å². The molecule has 0 aliphatic carbocycles. The zero-order valence-electron chi connectivity index (χ0n) is 12.4. The largest absolute Gasteiger partial charge is 0.465 e. The highest BCUT2D eigenvalue weighted by atomic mass is 16.5. The van der Waals surface area contributed by atoms with Crippen molar-refractivity contribution < 1.29 is 14.3 Å². The number of ether oxygens (including phenoxy) is 1. The number of hydrogen-bond acceptors (Lipinski definition) is 5. The molecule has 0 aliphatic heterocycles. The average molecular weight is 293 g/mol. The van der Waals surface area contributed by atoms with Gasteiger partial charge in [-0.3, -0.25) is 14.4 Å². The van der Waals surface area contributed by atoms with Gasteiger partial charge in [0.15, 0.2) is 0 Å². The second-order valence-electron chi connectivity index (χ2n) is 4.42. The molecule has 114 valence electrons. The van der Waals surface area contributed by atoms with E-state index in [1.54, 1.807) is 20.8 Å². The quantitative estimate of drug-likeness (QED) is 0.611. The molecule has 0 fully saturated rings. The number of carbonyl (C=O) groups is 2. The molecule has 1 N–H and O–H groups in total. The minimum Gasteiger partial charge on any atom is -0.465 e. The number of aromatic nitrogens is 2. The number of H-pyrrole nitrogens is 1. The van der Waals surface area contributed by atoms with Crippen LogP contribution < -0.4 is 5.56 Å². The SMILES string of the molecule is C=CCN(CC(=O)OCC)C(=O)c1c(C)c(C)n[nH]c1=O. The second kappa shape index (κ2) is 7.37. The molecule has 1 aromatic rings. The van der Waals surface area contributed by atoms with E-state index in [1.807, 2.05) is 0 Å². The Labute approximate surface area is 122 Å². The van der Waals surface area contributed by atoms with E-state index in [2.05, 4.69) is 16.8 Å². The number of nitrogens with zero attached hydrogens (tertiary/aromatic N) is 2. The van der Waals surface area contributed by atoms with Crippen LogP contribution in [0.25, 0.3) is 0 Å². The summed E-state index contributed by atoms with van der Waals surface area (Å²) < 4.78 is 4.82. The Balaban J connectivity index is 3.12. The third-order valence-corrected chi connectivity index (χ3v) is 2.95. The van der Waals surface area contributed by atoms with E-state index in [0.717, 1.165) is 0 Å². The molecule has 1 amide bonds. The van der Waals surface area contributed by atoms with Crippen molar-refractivity contribution in [3.8, 4) is 0 Å². The summed E-state index contributed by atoms with van der Waals surface area (Å²) in [5, 5.41) is 6.07. The maximum absolute atomic E-state index is 12.5. The minimum absolute atomic E-state index is 0.0198. The predicted molar refractivity (Wildman–Crippen MR) is 77.1 cm³/mol. The zero-order valence-corrected chi connectivity index (χ0v) is 12.4. The molecule has 1 heterocycles. The Morgan fingerprint density at radius 3 is 2.67 bits per heavy atom. The highest BCUT2D eigenvalue weighted by Crippen LogP contribution is 2.09. The molecule has 0 radical (unpaired) electrons. The van der Waals surface area contributed by atoms with E-state index in [9.17, 15) is 14.4 Å². The molecule has 0 aromatic carbocycles. The highest BCUT2D eigenvalue weighted by molar-refractivity contribution is 5.97. The first kappa shape index (κ1) is 16.6. The minimum atomic E-state index is -0.582. The molecule has 21 heavy (non-hydrogen) atoms. The lowest BCUT2D eigenvalue weighted by molar-refractivity contribution is -0.143. The second-order valence-corrected chi connectivity index (χ2v) is 4.42. The van der Waals surface area contributed by atoms with Crippen LogP contribution in [-0.2, 0) is 9.53 Å². The molecule has 0 bridgehead atoms. The van der Waals surface area contributed by atoms with Crippen molar-refractivity contribution in [3.63, 3.8) is 0 Å². The Kier molecular flexibility index (Phi) is 5.83. The summed E-state index contributed by atoms with van der Waals surface area (Å²) in [6, 6.07) is 0. The van der Waals surface area contributed by atoms with Gasteiger partial charge >= 0.3 is 5.97 Å². The number of aromatic amines is 1. The first-order valence-electron chi connectivity index (χ1n) is 6.54. The summed E-state index contributed by atoms with van der Waals surface area (Å²) in [7, 11) is 0. The molecule has 1 aromatic heterocycles. The van der Waals surface area contributed by atoms with Gasteiger partial charge in [0, 0.05) is 6.54 Å². The van der Waals surface area contributed by atoms with Gasteiger partial charge < -0.3 is 9.64 Å². The molecule has 0 unspecified atom stereocenters. The lowest BCUT2D eigenvalue weighted by atomic mass is 10.1. The van der Waals surface area contributed by atoms with E-state index < -0.39 is 17.4 Å². The van der Waals surface area contributed by atoms with Crippen LogP contribution in [0.5, 0.6) is 0 Å². The molecule has 0 saturated carbocycles. The van der Waals surface area contributed by atoms with Crippen LogP contribution in [0.15, 0.2) is 17.4 Å². The maximum atomic E-state index is 12.5. The third kappa shape index (κ3) is 4.01. The highest BCUT2D eigenvalue weighted by Gasteiger charge is 2.23. The van der Waals surface area contributed by atoms with Gasteiger partial charge in [0.05, 0.1) is 12.3 Å². The standard InChI is InChI=1S/C14H19N3O4/c1-5-7-17(8-11(18)21-6-2)14(20)12-9(3)10(4)15-16-13(12)19/h5H,1,6-8H2,2-4H3,(H,16,19). The van der Waals surface area contributed by atoms with E-state index in [4.69, 9.17) is 4.74 Å². The maximum Gasteiger partial charge on any atom is 0.325 e. The van der Waals surface area contributed by atoms with Crippen LogP contribution in [0.2, 0.25) is 0 Å². The van der Waals surface area contributed by atoms with Gasteiger partial charge in [0.25, 0.3) is 11.5 Å². The van der Waals surface area contributed by atoms with Gasteiger partial charge in [-0.15, -0.1) is 6.58 Å². The summed E-state index contributed by atoms with van der Waals surface area (Å²) in [5.41, 5.74) is 0.434. The normalized spacial score (nSPS) is 10.0. The van der Waals surface area contributed by atoms with Crippen LogP contribution in [-0.4, -0.2) is 46.7 Å². The Morgan fingerprint density at radius 1 is 1.43 bits per heavy atom. The fourth-order valence-corrected chi connectivity index (χ4v) is 1.78. The van der Waals surface area contributed by atoms with Crippen molar-refractivity contribution in [2.75, 3.05) is 19.7 Å². The van der Waals surface area contributed by atoms with Crippen molar-refractivity contribution in [2.45, 2.75) is 20.8 Å². The molecule has 0 atom stereocenters. The van der Waals surface area contributed by atoms with E-state index >= 15 is 0 Å². The van der Waals surface area contributed by atoms with Crippen LogP contribution >= 0.6 is 0 Å². The Hall–Kier alpha value is -2.44. The van der Waals surface area contributed by atoms with Gasteiger partial charge in [-0.05, 0) is 26.3 Å². The van der Waals surface area contributed by atoms with Crippen LogP contribution in [0.4, 0.5) is 0 Å². The first-order valence-corrected chi connectivity index (χ1v) is 6.54. The molecule has 7 nitrogen and oxygen atoms in total. The Morgan fingerprint density at radius 2 is 2.10 bits per heavy atom. The van der Waals surface area contributed by atoms with Gasteiger partial charge in [-0.2, -0.15) is 5.10 Å². The first-order chi connectivity index (χ1) is 9.92. The van der Waals surface area contributed by atoms with Crippen molar-refractivity contribution in [1.29, 1.82) is 0 Å². The number of carbonyl (C=O) groups excluding carboxylic acids is 2. The van der Waals surface area contributed by atoms with Crippen molar-refractivity contribution >= 4 is 11.9 Å². The number of nitrogens with one attached hydrogen (secondary N) is 1. The lowest BCUT2D eigenvalue weighted by Gasteiger charge is -2.20. The van der Waals surface area contributed by atoms with Crippen LogP contribution in [0.3, 0.4) is 0 Å². The Bertz CT molecular complexity index is 607. The number of aryl methyl sites for hydroxylation is 1. The topological polar surface area (TPSA) is 92.4 Å². The van der Waals surface area contributed by atoms with Crippen LogP contribution in [0.1, 0.15) is 28.5 Å². The molecular formula is C14H19N3O4. The van der Waals surface area contributed by atoms with Crippen LogP contribution in [0, 0.1) is 13.8 Å². The lowest BCUT2D eigenvalue weighted by Crippen LogP contribution is -2.40. The summed E-state index contributed by atoms with van der Waals surface area (Å²) >= 11 is 0. The average Bonchev–Trinajstić information content (AvgIpc) is 2.43. The molecule has 0 saturated heterocycles. The number of amides is 1. The van der Waals surface area contributed by atoms with Gasteiger partial charge in [0.1, 0.15) is 12.1 Å².